The lowest BCUT2D eigenvalue weighted by atomic mass is 9.68. The van der Waals surface area contributed by atoms with Gasteiger partial charge in [-0.1, -0.05) is 73.2 Å². The summed E-state index contributed by atoms with van der Waals surface area (Å²) < 4.78 is 30.8. The molecule has 2 saturated heterocycles. The van der Waals surface area contributed by atoms with Crippen LogP contribution < -0.4 is 5.56 Å². The number of epoxide rings is 2. The van der Waals surface area contributed by atoms with E-state index in [0.29, 0.717) is 30.0 Å². The molecule has 1 unspecified atom stereocenters. The Morgan fingerprint density at radius 1 is 1.10 bits per heavy atom. The van der Waals surface area contributed by atoms with Crippen LogP contribution in [0.2, 0.25) is 0 Å². The molecule has 8 rings (SSSR count). The van der Waals surface area contributed by atoms with Crippen molar-refractivity contribution < 1.29 is 48.6 Å². The molecule has 5 aliphatic rings. The Kier molecular flexibility index (Phi) is 12.1. The molecule has 2 aromatic heterocycles. The molecule has 6 heterocycles. The van der Waals surface area contributed by atoms with Crippen LogP contribution in [0.15, 0.2) is 101 Å². The second-order valence-electron chi connectivity index (χ2n) is 16.1. The van der Waals surface area contributed by atoms with Gasteiger partial charge in [0.25, 0.3) is 5.56 Å². The topological polar surface area (TPSA) is 182 Å². The van der Waals surface area contributed by atoms with Crippen LogP contribution in [-0.4, -0.2) is 86.3 Å². The molecule has 1 aromatic carbocycles. The van der Waals surface area contributed by atoms with Gasteiger partial charge in [-0.25, -0.2) is 14.6 Å². The van der Waals surface area contributed by atoms with Gasteiger partial charge in [-0.05, 0) is 70.7 Å². The van der Waals surface area contributed by atoms with E-state index in [-0.39, 0.29) is 54.0 Å². The SMILES string of the molecule is CC[C@@]1(O)C(=O)OCc2c1cc1n(c2=O)Cc2cc3ccccc3nc2-1.CO[C@@H]1[C@H](OC(O)/C=C/C=C/C=C/C=C/C(=O)O)CC[C@]2(CO2)[C@H]1[C@@]1(C)O[C@@H]1CC=C(C)C. The summed E-state index contributed by atoms with van der Waals surface area (Å²) in [6, 6.07) is 11.6. The minimum absolute atomic E-state index is 0.0318. The van der Waals surface area contributed by atoms with Crippen LogP contribution in [0.1, 0.15) is 70.1 Å². The van der Waals surface area contributed by atoms with Crippen molar-refractivity contribution in [2.24, 2.45) is 5.92 Å². The van der Waals surface area contributed by atoms with E-state index in [4.69, 9.17) is 33.8 Å². The zero-order chi connectivity index (χ0) is 42.1. The van der Waals surface area contributed by atoms with Gasteiger partial charge in [0.05, 0.1) is 65.5 Å². The number of aliphatic hydroxyl groups is 2. The number of aliphatic hydroxyl groups excluding tert-OH is 1. The summed E-state index contributed by atoms with van der Waals surface area (Å²) in [5, 5.41) is 30.8. The summed E-state index contributed by atoms with van der Waals surface area (Å²) in [5.41, 5.74) is 2.53. The maximum atomic E-state index is 13.0. The molecule has 3 aromatic rings. The van der Waals surface area contributed by atoms with Crippen LogP contribution in [0.25, 0.3) is 22.3 Å². The van der Waals surface area contributed by atoms with E-state index in [1.54, 1.807) is 61.1 Å². The highest BCUT2D eigenvalue weighted by atomic mass is 16.6. The molecule has 1 spiro atoms. The van der Waals surface area contributed by atoms with Crippen LogP contribution >= 0.6 is 0 Å². The van der Waals surface area contributed by atoms with Gasteiger partial charge in [-0.15, -0.1) is 0 Å². The van der Waals surface area contributed by atoms with Gasteiger partial charge >= 0.3 is 11.9 Å². The predicted molar refractivity (Wildman–Crippen MR) is 219 cm³/mol. The number of carbonyl (C=O) groups is 2. The van der Waals surface area contributed by atoms with Crippen LogP contribution in [0, 0.1) is 5.92 Å². The number of aromatic nitrogens is 2. The molecule has 1 aliphatic carbocycles. The van der Waals surface area contributed by atoms with Gasteiger partial charge < -0.3 is 43.6 Å². The van der Waals surface area contributed by atoms with Crippen molar-refractivity contribution in [2.75, 3.05) is 13.7 Å². The standard InChI is InChI=1S/C26H36O7.C20H16N2O4/c1-18(2)13-14-20-25(3,33-20)24-23(30-4)19(15-16-26(24)17-31-26)32-22(29)12-10-8-6-5-7-9-11-21(27)28;1-2-20(25)14-8-16-17-12(7-11-5-3-4-6-15(11)21-17)9-22(16)18(23)13(14)10-26-19(20)24/h5-13,19-20,22-24,29H,14-17H2,1-4H3,(H,27,28);3-8,25H,2,9-10H2,1H3/b7-5+,8-6+,11-9+,12-10+;/t19-,20-,22?,23-,24-,25+,26+;20-/m10/s1. The number of hydrogen-bond acceptors (Lipinski definition) is 11. The molecule has 1 saturated carbocycles. The second-order valence-corrected chi connectivity index (χ2v) is 16.1. The first kappa shape index (κ1) is 42.1. The molecule has 59 heavy (non-hydrogen) atoms. The van der Waals surface area contributed by atoms with Gasteiger partial charge in [0.15, 0.2) is 11.9 Å². The first-order valence-corrected chi connectivity index (χ1v) is 20.0. The number of carbonyl (C=O) groups excluding carboxylic acids is 1. The molecule has 3 N–H and O–H groups in total. The highest BCUT2D eigenvalue weighted by Crippen LogP contribution is 2.59. The third-order valence-corrected chi connectivity index (χ3v) is 12.0. The predicted octanol–water partition coefficient (Wildman–Crippen LogP) is 5.79. The Morgan fingerprint density at radius 3 is 2.53 bits per heavy atom. The van der Waals surface area contributed by atoms with Crippen LogP contribution in [0.4, 0.5) is 0 Å². The van der Waals surface area contributed by atoms with Crippen molar-refractivity contribution in [3.05, 3.63) is 124 Å². The lowest BCUT2D eigenvalue weighted by molar-refractivity contribution is -0.189. The smallest absolute Gasteiger partial charge is 0.343 e. The molecule has 3 fully saturated rings. The Hall–Kier alpha value is -5.02. The summed E-state index contributed by atoms with van der Waals surface area (Å²) in [4.78, 5) is 40.3. The number of rotatable bonds is 12. The highest BCUT2D eigenvalue weighted by molar-refractivity contribution is 5.86. The number of carboxylic acids is 1. The van der Waals surface area contributed by atoms with Gasteiger partial charge in [-0.3, -0.25) is 4.79 Å². The number of ether oxygens (including phenoxy) is 5. The van der Waals surface area contributed by atoms with E-state index in [1.807, 2.05) is 30.3 Å². The molecular weight excluding hydrogens is 757 g/mol. The normalized spacial score (nSPS) is 29.6. The molecule has 13 heteroatoms. The zero-order valence-corrected chi connectivity index (χ0v) is 34.0. The summed E-state index contributed by atoms with van der Waals surface area (Å²) in [5.74, 6) is -1.67. The summed E-state index contributed by atoms with van der Waals surface area (Å²) >= 11 is 0. The first-order chi connectivity index (χ1) is 28.2. The molecule has 13 nitrogen and oxygen atoms in total. The largest absolute Gasteiger partial charge is 0.478 e. The van der Waals surface area contributed by atoms with E-state index in [0.717, 1.165) is 47.5 Å². The van der Waals surface area contributed by atoms with Gasteiger partial charge in [0, 0.05) is 29.7 Å². The minimum atomic E-state index is -1.79. The molecule has 312 valence electrons. The van der Waals surface area contributed by atoms with E-state index < -0.39 is 23.8 Å². The lowest BCUT2D eigenvalue weighted by Gasteiger charge is -2.43. The third-order valence-electron chi connectivity index (χ3n) is 12.0. The Labute approximate surface area is 342 Å². The number of para-hydroxylation sites is 1. The fourth-order valence-corrected chi connectivity index (χ4v) is 8.79. The highest BCUT2D eigenvalue weighted by Gasteiger charge is 2.72. The van der Waals surface area contributed by atoms with E-state index in [1.165, 1.54) is 11.6 Å². The summed E-state index contributed by atoms with van der Waals surface area (Å²) in [7, 11) is 1.68. The number of methoxy groups -OCH3 is 1. The molecular formula is C46H52N2O11. The van der Waals surface area contributed by atoms with E-state index in [9.17, 15) is 24.6 Å². The number of hydrogen-bond donors (Lipinski definition) is 3. The third kappa shape index (κ3) is 8.41. The van der Waals surface area contributed by atoms with Crippen molar-refractivity contribution >= 4 is 22.8 Å². The number of cyclic esters (lactones) is 1. The molecule has 0 radical (unpaired) electrons. The summed E-state index contributed by atoms with van der Waals surface area (Å²) in [6.07, 6.45) is 15.8. The van der Waals surface area contributed by atoms with Gasteiger partial charge in [0.2, 0.25) is 0 Å². The zero-order valence-electron chi connectivity index (χ0n) is 34.0. The van der Waals surface area contributed by atoms with Crippen molar-refractivity contribution in [3.63, 3.8) is 0 Å². The Bertz CT molecular complexity index is 2320. The number of esters is 1. The van der Waals surface area contributed by atoms with Crippen molar-refractivity contribution in [3.8, 4) is 11.4 Å². The first-order valence-electron chi connectivity index (χ1n) is 20.0. The average Bonchev–Trinajstić information content (AvgIpc) is 4.10. The fourth-order valence-electron chi connectivity index (χ4n) is 8.79. The van der Waals surface area contributed by atoms with Gasteiger partial charge in [-0.2, -0.15) is 0 Å². The fraction of sp³-hybridized carbons (Fsp3) is 0.435. The Morgan fingerprint density at radius 2 is 1.83 bits per heavy atom. The number of allylic oxidation sites excluding steroid dienone is 7. The van der Waals surface area contributed by atoms with Crippen LogP contribution in [0.3, 0.4) is 0 Å². The van der Waals surface area contributed by atoms with Crippen LogP contribution in [0.5, 0.6) is 0 Å². The van der Waals surface area contributed by atoms with Crippen molar-refractivity contribution in [1.82, 2.24) is 9.55 Å². The lowest BCUT2D eigenvalue weighted by Crippen LogP contribution is -2.55. The quantitative estimate of drug-likeness (QED) is 0.0392. The van der Waals surface area contributed by atoms with Crippen molar-refractivity contribution in [1.29, 1.82) is 0 Å². The monoisotopic (exact) mass is 808 g/mol. The maximum Gasteiger partial charge on any atom is 0.343 e. The average molecular weight is 809 g/mol. The summed E-state index contributed by atoms with van der Waals surface area (Å²) in [6.45, 7) is 9.03. The number of pyridine rings is 2. The number of carboxylic acid groups (broad SMARTS) is 1. The number of aliphatic carboxylic acids is 1. The number of benzene rings is 1. The van der Waals surface area contributed by atoms with Crippen LogP contribution in [-0.2, 0) is 52.0 Å². The molecule has 0 bridgehead atoms. The molecule has 8 atom stereocenters. The molecule has 4 aliphatic heterocycles. The number of nitrogens with zero attached hydrogens (tertiary/aromatic N) is 2. The molecule has 0 amide bonds. The van der Waals surface area contributed by atoms with Gasteiger partial charge in [0.1, 0.15) is 12.2 Å². The maximum absolute atomic E-state index is 13.0. The Balaban J connectivity index is 0.000000183. The van der Waals surface area contributed by atoms with E-state index >= 15 is 0 Å². The minimum Gasteiger partial charge on any atom is -0.478 e. The van der Waals surface area contributed by atoms with E-state index in [2.05, 4.69) is 26.8 Å². The van der Waals surface area contributed by atoms with Crippen molar-refractivity contribution in [2.45, 2.75) is 108 Å². The number of fused-ring (bicyclic) bond motifs is 5. The second kappa shape index (κ2) is 16.9.